The molecule has 0 radical (unpaired) electrons. The predicted molar refractivity (Wildman–Crippen MR) is 50.6 cm³/mol. The topological polar surface area (TPSA) is 0 Å². The third-order valence-corrected chi connectivity index (χ3v) is 4.62. The number of thioether (sulfide) groups is 2. The fraction of sp³-hybridized carbons (Fsp3) is 0.750. The molecular weight excluding hydrogens is 160 g/mol. The highest BCUT2D eigenvalue weighted by Crippen LogP contribution is 2.37. The number of hydrogen-bond acceptors (Lipinski definition) is 2. The molecule has 0 saturated carbocycles. The maximum Gasteiger partial charge on any atom is 0.0118 e. The minimum atomic E-state index is 0.900. The Morgan fingerprint density at radius 3 is 3.00 bits per heavy atom. The number of allylic oxidation sites excluding steroid dienone is 1. The van der Waals surface area contributed by atoms with Gasteiger partial charge in [0.05, 0.1) is 0 Å². The lowest BCUT2D eigenvalue weighted by Gasteiger charge is -2.13. The van der Waals surface area contributed by atoms with Crippen molar-refractivity contribution in [2.75, 3.05) is 11.5 Å². The molecule has 0 amide bonds. The predicted octanol–water partition coefficient (Wildman–Crippen LogP) is 2.76. The second kappa shape index (κ2) is 3.22. The normalized spacial score (nSPS) is 39.2. The maximum atomic E-state index is 2.40. The third kappa shape index (κ3) is 1.37. The molecule has 2 unspecified atom stereocenters. The lowest BCUT2D eigenvalue weighted by molar-refractivity contribution is 0.656. The van der Waals surface area contributed by atoms with Gasteiger partial charge in [-0.05, 0) is 29.9 Å². The van der Waals surface area contributed by atoms with Crippen LogP contribution in [0.3, 0.4) is 0 Å². The molecule has 0 aliphatic carbocycles. The van der Waals surface area contributed by atoms with Crippen LogP contribution in [-0.2, 0) is 0 Å². The molecule has 0 aromatic heterocycles. The largest absolute Gasteiger partial charge is 0.158 e. The fourth-order valence-electron chi connectivity index (χ4n) is 1.55. The molecule has 0 spiro atoms. The molecule has 0 aromatic rings. The summed E-state index contributed by atoms with van der Waals surface area (Å²) in [4.78, 5) is 0. The van der Waals surface area contributed by atoms with Gasteiger partial charge in [0.15, 0.2) is 0 Å². The zero-order valence-corrected chi connectivity index (χ0v) is 7.59. The van der Waals surface area contributed by atoms with Crippen LogP contribution in [0.4, 0.5) is 0 Å². The molecule has 2 aliphatic heterocycles. The van der Waals surface area contributed by atoms with Gasteiger partial charge in [-0.15, -0.1) is 11.8 Å². The molecule has 0 N–H and O–H groups in total. The molecular formula is C8H12S2. The molecule has 10 heavy (non-hydrogen) atoms. The quantitative estimate of drug-likeness (QED) is 0.596. The van der Waals surface area contributed by atoms with E-state index in [0.717, 1.165) is 11.2 Å². The van der Waals surface area contributed by atoms with Crippen molar-refractivity contribution in [3.63, 3.8) is 0 Å². The molecule has 2 aliphatic rings. The molecule has 1 fully saturated rings. The minimum absolute atomic E-state index is 0.900. The summed E-state index contributed by atoms with van der Waals surface area (Å²) < 4.78 is 0. The Balaban J connectivity index is 1.91. The van der Waals surface area contributed by atoms with Crippen molar-refractivity contribution < 1.29 is 0 Å². The van der Waals surface area contributed by atoms with Crippen LogP contribution in [0.1, 0.15) is 12.8 Å². The maximum absolute atomic E-state index is 2.40. The Morgan fingerprint density at radius 2 is 2.40 bits per heavy atom. The first kappa shape index (κ1) is 7.11. The molecule has 1 saturated heterocycles. The molecule has 2 heteroatoms. The summed E-state index contributed by atoms with van der Waals surface area (Å²) in [5.41, 5.74) is 0. The van der Waals surface area contributed by atoms with Gasteiger partial charge < -0.3 is 0 Å². The van der Waals surface area contributed by atoms with Crippen molar-refractivity contribution >= 4 is 23.5 Å². The van der Waals surface area contributed by atoms with Gasteiger partial charge in [0.25, 0.3) is 0 Å². The first-order valence-corrected chi connectivity index (χ1v) is 5.96. The lowest BCUT2D eigenvalue weighted by atomic mass is 10.0. The summed E-state index contributed by atoms with van der Waals surface area (Å²) in [6.45, 7) is 0. The summed E-state index contributed by atoms with van der Waals surface area (Å²) in [5.74, 6) is 3.65. The minimum Gasteiger partial charge on any atom is -0.158 e. The zero-order valence-electron chi connectivity index (χ0n) is 5.95. The number of rotatable bonds is 1. The van der Waals surface area contributed by atoms with Gasteiger partial charge in [0, 0.05) is 11.0 Å². The molecule has 0 aromatic carbocycles. The van der Waals surface area contributed by atoms with Crippen molar-refractivity contribution in [2.45, 2.75) is 18.1 Å². The van der Waals surface area contributed by atoms with Crippen LogP contribution in [0, 0.1) is 5.92 Å². The zero-order chi connectivity index (χ0) is 6.81. The van der Waals surface area contributed by atoms with Gasteiger partial charge >= 0.3 is 0 Å². The van der Waals surface area contributed by atoms with Crippen LogP contribution >= 0.6 is 23.5 Å². The Morgan fingerprint density at radius 1 is 1.40 bits per heavy atom. The van der Waals surface area contributed by atoms with Crippen molar-refractivity contribution in [1.82, 2.24) is 0 Å². The van der Waals surface area contributed by atoms with Crippen molar-refractivity contribution in [1.29, 1.82) is 0 Å². The van der Waals surface area contributed by atoms with Gasteiger partial charge in [-0.1, -0.05) is 6.08 Å². The Hall–Kier alpha value is 0.440. The molecule has 2 heterocycles. The van der Waals surface area contributed by atoms with Gasteiger partial charge in [-0.2, -0.15) is 11.8 Å². The van der Waals surface area contributed by atoms with E-state index >= 15 is 0 Å². The van der Waals surface area contributed by atoms with Crippen molar-refractivity contribution in [3.05, 3.63) is 11.5 Å². The van der Waals surface area contributed by atoms with E-state index in [1.807, 2.05) is 11.8 Å². The Bertz CT molecular complexity index is 136. The van der Waals surface area contributed by atoms with Gasteiger partial charge in [-0.25, -0.2) is 0 Å². The van der Waals surface area contributed by atoms with E-state index < -0.39 is 0 Å². The molecule has 2 rings (SSSR count). The number of hydrogen-bond donors (Lipinski definition) is 0. The highest BCUT2D eigenvalue weighted by molar-refractivity contribution is 8.02. The van der Waals surface area contributed by atoms with E-state index in [-0.39, 0.29) is 0 Å². The second-order valence-corrected chi connectivity index (χ2v) is 5.16. The summed E-state index contributed by atoms with van der Waals surface area (Å²) in [7, 11) is 0. The Labute approximate surface area is 70.8 Å². The van der Waals surface area contributed by atoms with E-state index in [1.165, 1.54) is 24.3 Å². The lowest BCUT2D eigenvalue weighted by Crippen LogP contribution is -2.11. The first-order valence-electron chi connectivity index (χ1n) is 3.87. The van der Waals surface area contributed by atoms with E-state index in [9.17, 15) is 0 Å². The van der Waals surface area contributed by atoms with Crippen LogP contribution in [0.5, 0.6) is 0 Å². The monoisotopic (exact) mass is 172 g/mol. The van der Waals surface area contributed by atoms with Crippen molar-refractivity contribution in [3.8, 4) is 0 Å². The van der Waals surface area contributed by atoms with Gasteiger partial charge in [-0.3, -0.25) is 0 Å². The van der Waals surface area contributed by atoms with E-state index in [2.05, 4.69) is 23.2 Å². The standard InChI is InChI=1S/C8H12S2/c1-2-8(10-4-1)7-3-5-9-6-7/h3,5,7-8H,1-2,4,6H2. The van der Waals surface area contributed by atoms with Crippen LogP contribution in [0.15, 0.2) is 11.5 Å². The average Bonchev–Trinajstić information content (AvgIpc) is 2.59. The second-order valence-electron chi connectivity index (χ2n) is 2.88. The molecule has 0 bridgehead atoms. The van der Waals surface area contributed by atoms with Crippen LogP contribution in [-0.4, -0.2) is 16.8 Å². The van der Waals surface area contributed by atoms with E-state index in [1.54, 1.807) is 0 Å². The Kier molecular flexibility index (Phi) is 2.29. The van der Waals surface area contributed by atoms with Gasteiger partial charge in [0.1, 0.15) is 0 Å². The summed E-state index contributed by atoms with van der Waals surface area (Å²) >= 11 is 4.15. The SMILES string of the molecule is C1=CC(C2CCCS2)CS1. The fourth-order valence-corrected chi connectivity index (χ4v) is 4.07. The van der Waals surface area contributed by atoms with Crippen LogP contribution < -0.4 is 0 Å². The highest BCUT2D eigenvalue weighted by atomic mass is 32.2. The van der Waals surface area contributed by atoms with E-state index in [0.29, 0.717) is 0 Å². The van der Waals surface area contributed by atoms with Crippen LogP contribution in [0.25, 0.3) is 0 Å². The average molecular weight is 172 g/mol. The van der Waals surface area contributed by atoms with Crippen LogP contribution in [0.2, 0.25) is 0 Å². The molecule has 56 valence electrons. The first-order chi connectivity index (χ1) is 4.97. The summed E-state index contributed by atoms with van der Waals surface area (Å²) in [5, 5.41) is 3.23. The summed E-state index contributed by atoms with van der Waals surface area (Å²) in [6.07, 6.45) is 5.30. The van der Waals surface area contributed by atoms with Gasteiger partial charge in [0.2, 0.25) is 0 Å². The molecule has 0 nitrogen and oxygen atoms in total. The summed E-state index contributed by atoms with van der Waals surface area (Å²) in [6, 6.07) is 0. The third-order valence-electron chi connectivity index (χ3n) is 2.15. The smallest absolute Gasteiger partial charge is 0.0118 e. The molecule has 2 atom stereocenters. The highest BCUT2D eigenvalue weighted by Gasteiger charge is 2.25. The van der Waals surface area contributed by atoms with E-state index in [4.69, 9.17) is 0 Å². The van der Waals surface area contributed by atoms with Crippen molar-refractivity contribution in [2.24, 2.45) is 5.92 Å².